The van der Waals surface area contributed by atoms with E-state index in [1.54, 1.807) is 0 Å². The van der Waals surface area contributed by atoms with E-state index in [0.29, 0.717) is 11.8 Å². The van der Waals surface area contributed by atoms with Crippen LogP contribution in [0.2, 0.25) is 0 Å². The van der Waals surface area contributed by atoms with Gasteiger partial charge in [0, 0.05) is 24.0 Å². The molecule has 0 aliphatic heterocycles. The number of carbonyl (C=O) groups is 2. The molecule has 2 fully saturated rings. The maximum Gasteiger partial charge on any atom is 0.163 e. The van der Waals surface area contributed by atoms with Crippen LogP contribution in [0.3, 0.4) is 0 Å². The van der Waals surface area contributed by atoms with Gasteiger partial charge in [-0.15, -0.1) is 0 Å². The van der Waals surface area contributed by atoms with Crippen molar-refractivity contribution in [3.8, 4) is 0 Å². The van der Waals surface area contributed by atoms with E-state index in [4.69, 9.17) is 0 Å². The summed E-state index contributed by atoms with van der Waals surface area (Å²) in [7, 11) is 0. The summed E-state index contributed by atoms with van der Waals surface area (Å²) in [6.45, 7) is 4.57. The van der Waals surface area contributed by atoms with Crippen molar-refractivity contribution in [2.75, 3.05) is 0 Å². The molecule has 0 bridgehead atoms. The highest BCUT2D eigenvalue weighted by molar-refractivity contribution is 6.02. The first-order valence-corrected chi connectivity index (χ1v) is 14.8. The molecule has 2 aromatic rings. The molecule has 2 nitrogen and oxygen atoms in total. The van der Waals surface area contributed by atoms with Crippen LogP contribution in [0, 0.1) is 11.8 Å². The summed E-state index contributed by atoms with van der Waals surface area (Å²) < 4.78 is 0. The highest BCUT2D eigenvalue weighted by Crippen LogP contribution is 2.38. The summed E-state index contributed by atoms with van der Waals surface area (Å²) >= 11 is 0. The van der Waals surface area contributed by atoms with Crippen molar-refractivity contribution in [3.05, 3.63) is 70.8 Å². The number of hydrogen-bond acceptors (Lipinski definition) is 2. The third-order valence-corrected chi connectivity index (χ3v) is 9.07. The Morgan fingerprint density at radius 3 is 1.19 bits per heavy atom. The third-order valence-electron chi connectivity index (χ3n) is 9.07. The maximum atomic E-state index is 12.8. The average Bonchev–Trinajstić information content (AvgIpc) is 2.93. The molecule has 0 unspecified atom stereocenters. The van der Waals surface area contributed by atoms with Crippen molar-refractivity contribution >= 4 is 11.6 Å². The van der Waals surface area contributed by atoms with E-state index in [1.165, 1.54) is 88.2 Å². The summed E-state index contributed by atoms with van der Waals surface area (Å²) in [5, 5.41) is 0. The Labute approximate surface area is 219 Å². The van der Waals surface area contributed by atoms with Crippen LogP contribution in [-0.2, 0) is 0 Å². The van der Waals surface area contributed by atoms with Crippen molar-refractivity contribution < 1.29 is 9.59 Å². The monoisotopic (exact) mass is 486 g/mol. The molecule has 2 aromatic carbocycles. The molecule has 2 saturated carbocycles. The van der Waals surface area contributed by atoms with E-state index in [-0.39, 0.29) is 24.4 Å². The number of rotatable bonds is 11. The number of carbonyl (C=O) groups excluding carboxylic acids is 2. The molecule has 2 aliphatic rings. The normalized spacial score (nSPS) is 24.4. The lowest BCUT2D eigenvalue weighted by Crippen LogP contribution is -2.13. The van der Waals surface area contributed by atoms with Crippen LogP contribution >= 0.6 is 0 Å². The lowest BCUT2D eigenvalue weighted by Gasteiger charge is -2.28. The van der Waals surface area contributed by atoms with Gasteiger partial charge in [0.05, 0.1) is 0 Å². The first-order valence-electron chi connectivity index (χ1n) is 14.8. The first kappa shape index (κ1) is 26.8. The van der Waals surface area contributed by atoms with Crippen LogP contribution in [0.25, 0.3) is 0 Å². The second-order valence-corrected chi connectivity index (χ2v) is 11.6. The van der Waals surface area contributed by atoms with E-state index in [9.17, 15) is 9.59 Å². The molecule has 0 heterocycles. The molecule has 0 atom stereocenters. The van der Waals surface area contributed by atoms with Crippen molar-refractivity contribution in [3.63, 3.8) is 0 Å². The fourth-order valence-corrected chi connectivity index (χ4v) is 6.78. The van der Waals surface area contributed by atoms with Crippen LogP contribution in [0.15, 0.2) is 48.5 Å². The minimum Gasteiger partial charge on any atom is -0.294 e. The predicted octanol–water partition coefficient (Wildman–Crippen LogP) is 9.68. The zero-order valence-corrected chi connectivity index (χ0v) is 22.6. The molecule has 0 amide bonds. The van der Waals surface area contributed by atoms with Gasteiger partial charge in [0.1, 0.15) is 0 Å². The molecule has 0 N–H and O–H groups in total. The minimum absolute atomic E-state index is 0.0713. The van der Waals surface area contributed by atoms with Gasteiger partial charge in [-0.2, -0.15) is 0 Å². The third kappa shape index (κ3) is 7.17. The number of ketones is 2. The molecule has 4 rings (SSSR count). The molecule has 0 radical (unpaired) electrons. The average molecular weight is 487 g/mol. The quantitative estimate of drug-likeness (QED) is 0.296. The molecular weight excluding hydrogens is 440 g/mol. The van der Waals surface area contributed by atoms with Crippen LogP contribution in [0.5, 0.6) is 0 Å². The molecule has 36 heavy (non-hydrogen) atoms. The lowest BCUT2D eigenvalue weighted by molar-refractivity contribution is 0.0917. The zero-order chi connectivity index (χ0) is 25.3. The Balaban J connectivity index is 1.23. The van der Waals surface area contributed by atoms with Gasteiger partial charge >= 0.3 is 0 Å². The first-order chi connectivity index (χ1) is 17.6. The van der Waals surface area contributed by atoms with E-state index in [2.05, 4.69) is 38.1 Å². The van der Waals surface area contributed by atoms with Gasteiger partial charge in [0.25, 0.3) is 0 Å². The van der Waals surface area contributed by atoms with E-state index < -0.39 is 0 Å². The van der Waals surface area contributed by atoms with E-state index in [1.807, 2.05) is 24.3 Å². The second kappa shape index (κ2) is 13.4. The Hall–Kier alpha value is -2.22. The van der Waals surface area contributed by atoms with Crippen LogP contribution in [0.1, 0.15) is 147 Å². The molecular formula is C34H46O2. The Kier molecular flexibility index (Phi) is 9.96. The van der Waals surface area contributed by atoms with Gasteiger partial charge in [-0.3, -0.25) is 9.59 Å². The SMILES string of the molecule is CCC[C@H]1CC[C@H](c2ccc(C(=O)CCC(=O)c3ccc([C@H]4CC[C@H](CCC)CC4)cc3)cc2)CC1. The Morgan fingerprint density at radius 2 is 0.889 bits per heavy atom. The summed E-state index contributed by atoms with van der Waals surface area (Å²) in [6.07, 6.45) is 16.3. The highest BCUT2D eigenvalue weighted by Gasteiger charge is 2.23. The van der Waals surface area contributed by atoms with Crippen molar-refractivity contribution in [1.29, 1.82) is 0 Å². The Bertz CT molecular complexity index is 874. The molecule has 0 spiro atoms. The predicted molar refractivity (Wildman–Crippen MR) is 150 cm³/mol. The van der Waals surface area contributed by atoms with Crippen molar-refractivity contribution in [2.45, 2.75) is 116 Å². The van der Waals surface area contributed by atoms with Gasteiger partial charge in [0.2, 0.25) is 0 Å². The number of benzene rings is 2. The van der Waals surface area contributed by atoms with Crippen molar-refractivity contribution in [1.82, 2.24) is 0 Å². The van der Waals surface area contributed by atoms with E-state index >= 15 is 0 Å². The van der Waals surface area contributed by atoms with Gasteiger partial charge in [-0.05, 0) is 86.2 Å². The van der Waals surface area contributed by atoms with Crippen LogP contribution < -0.4 is 0 Å². The van der Waals surface area contributed by atoms with E-state index in [0.717, 1.165) is 23.0 Å². The zero-order valence-electron chi connectivity index (χ0n) is 22.6. The standard InChI is InChI=1S/C34H46O2/c1-3-5-25-7-11-27(12-8-25)29-15-19-31(20-16-29)33(35)23-24-34(36)32-21-17-30(18-22-32)28-13-9-26(6-4-2)10-14-28/h15-22,25-28H,3-14,23-24H2,1-2H3/t25-,26-,27-,28-. The summed E-state index contributed by atoms with van der Waals surface area (Å²) in [5.74, 6) is 3.23. The Morgan fingerprint density at radius 1 is 0.556 bits per heavy atom. The maximum absolute atomic E-state index is 12.8. The fourth-order valence-electron chi connectivity index (χ4n) is 6.78. The van der Waals surface area contributed by atoms with Crippen LogP contribution in [0.4, 0.5) is 0 Å². The summed E-state index contributed by atoms with van der Waals surface area (Å²) in [6, 6.07) is 16.5. The smallest absolute Gasteiger partial charge is 0.163 e. The van der Waals surface area contributed by atoms with Gasteiger partial charge in [0.15, 0.2) is 11.6 Å². The number of Topliss-reactive ketones (excluding diaryl/α,β-unsaturated/α-hetero) is 2. The lowest BCUT2D eigenvalue weighted by atomic mass is 9.77. The largest absolute Gasteiger partial charge is 0.294 e. The highest BCUT2D eigenvalue weighted by atomic mass is 16.1. The fraction of sp³-hybridized carbons (Fsp3) is 0.588. The summed E-state index contributed by atoms with van der Waals surface area (Å²) in [4.78, 5) is 25.5. The topological polar surface area (TPSA) is 34.1 Å². The molecule has 0 aromatic heterocycles. The second-order valence-electron chi connectivity index (χ2n) is 11.6. The van der Waals surface area contributed by atoms with Gasteiger partial charge < -0.3 is 0 Å². The van der Waals surface area contributed by atoms with Crippen molar-refractivity contribution in [2.24, 2.45) is 11.8 Å². The molecule has 194 valence electrons. The summed E-state index contributed by atoms with van der Waals surface area (Å²) in [5.41, 5.74) is 4.22. The van der Waals surface area contributed by atoms with Gasteiger partial charge in [-0.1, -0.05) is 88.1 Å². The van der Waals surface area contributed by atoms with Crippen LogP contribution in [-0.4, -0.2) is 11.6 Å². The minimum atomic E-state index is 0.0713. The molecule has 2 heteroatoms. The molecule has 0 saturated heterocycles. The molecule has 2 aliphatic carbocycles. The van der Waals surface area contributed by atoms with Gasteiger partial charge in [-0.25, -0.2) is 0 Å². The number of hydrogen-bond donors (Lipinski definition) is 0.